The lowest BCUT2D eigenvalue weighted by Crippen LogP contribution is -2.22. The molecule has 0 radical (unpaired) electrons. The van der Waals surface area contributed by atoms with E-state index in [9.17, 15) is 14.9 Å². The Morgan fingerprint density at radius 3 is 2.82 bits per heavy atom. The molecule has 7 nitrogen and oxygen atoms in total. The lowest BCUT2D eigenvalue weighted by atomic mass is 10.2. The Hall–Kier alpha value is -2.84. The van der Waals surface area contributed by atoms with Gasteiger partial charge in [0.05, 0.1) is 22.9 Å². The number of rotatable bonds is 7. The molecule has 3 aromatic rings. The van der Waals surface area contributed by atoms with Gasteiger partial charge in [0.2, 0.25) is 0 Å². The van der Waals surface area contributed by atoms with Gasteiger partial charge in [-0.25, -0.2) is 4.98 Å². The van der Waals surface area contributed by atoms with Crippen molar-refractivity contribution < 1.29 is 9.66 Å². The summed E-state index contributed by atoms with van der Waals surface area (Å²) in [5.74, 6) is 0.861. The van der Waals surface area contributed by atoms with E-state index in [0.29, 0.717) is 44.7 Å². The van der Waals surface area contributed by atoms with Crippen molar-refractivity contribution in [2.75, 3.05) is 7.11 Å². The van der Waals surface area contributed by atoms with E-state index in [1.54, 1.807) is 30.3 Å². The number of non-ortho nitro benzene ring substituents is 1. The monoisotopic (exact) mass is 417 g/mol. The summed E-state index contributed by atoms with van der Waals surface area (Å²) in [6, 6.07) is 9.32. The van der Waals surface area contributed by atoms with E-state index in [2.05, 4.69) is 11.6 Å². The van der Waals surface area contributed by atoms with Crippen LogP contribution in [0.4, 0.5) is 5.69 Å². The lowest BCUT2D eigenvalue weighted by Gasteiger charge is -2.13. The van der Waals surface area contributed by atoms with Crippen LogP contribution < -0.4 is 10.3 Å². The molecule has 0 aliphatic heterocycles. The van der Waals surface area contributed by atoms with Gasteiger partial charge in [-0.3, -0.25) is 19.5 Å². The molecule has 2 aromatic carbocycles. The summed E-state index contributed by atoms with van der Waals surface area (Å²) < 4.78 is 6.81. The Morgan fingerprint density at radius 1 is 1.36 bits per heavy atom. The van der Waals surface area contributed by atoms with Crippen LogP contribution in [0.1, 0.15) is 5.56 Å². The number of hydrogen-bond donors (Lipinski definition) is 0. The average molecular weight is 418 g/mol. The molecule has 0 bridgehead atoms. The molecule has 1 heterocycles. The lowest BCUT2D eigenvalue weighted by molar-refractivity contribution is -0.384. The SMILES string of the molecule is C=CCn1c(SCc2cc([N+](=O)[O-])ccc2OC)nc2cc(Cl)ccc2c1=O. The highest BCUT2D eigenvalue weighted by Crippen LogP contribution is 2.30. The third-order valence-corrected chi connectivity index (χ3v) is 5.29. The maximum Gasteiger partial charge on any atom is 0.270 e. The second kappa shape index (κ2) is 8.45. The highest BCUT2D eigenvalue weighted by atomic mass is 35.5. The van der Waals surface area contributed by atoms with Gasteiger partial charge >= 0.3 is 0 Å². The first kappa shape index (κ1) is 19.9. The summed E-state index contributed by atoms with van der Waals surface area (Å²) in [6.07, 6.45) is 1.61. The molecule has 0 atom stereocenters. The van der Waals surface area contributed by atoms with E-state index < -0.39 is 4.92 Å². The van der Waals surface area contributed by atoms with E-state index in [1.807, 2.05) is 0 Å². The molecule has 0 N–H and O–H groups in total. The maximum atomic E-state index is 12.8. The number of aromatic nitrogens is 2. The number of methoxy groups -OCH3 is 1. The fraction of sp³-hybridized carbons (Fsp3) is 0.158. The number of nitro benzene ring substituents is 1. The third kappa shape index (κ3) is 4.02. The van der Waals surface area contributed by atoms with Crippen molar-refractivity contribution in [3.05, 3.63) is 80.1 Å². The minimum atomic E-state index is -0.461. The molecule has 9 heteroatoms. The third-order valence-electron chi connectivity index (χ3n) is 4.03. The molecule has 0 saturated heterocycles. The molecule has 0 spiro atoms. The average Bonchev–Trinajstić information content (AvgIpc) is 2.68. The van der Waals surface area contributed by atoms with E-state index in [0.717, 1.165) is 0 Å². The molecule has 0 aliphatic rings. The number of fused-ring (bicyclic) bond motifs is 1. The van der Waals surface area contributed by atoms with Crippen LogP contribution in [0.25, 0.3) is 10.9 Å². The Kier molecular flexibility index (Phi) is 6.01. The largest absolute Gasteiger partial charge is 0.496 e. The fourth-order valence-corrected chi connectivity index (χ4v) is 3.86. The van der Waals surface area contributed by atoms with Crippen LogP contribution in [0, 0.1) is 10.1 Å². The first-order valence-corrected chi connectivity index (χ1v) is 9.56. The first-order chi connectivity index (χ1) is 13.4. The summed E-state index contributed by atoms with van der Waals surface area (Å²) in [5, 5.41) is 12.5. The van der Waals surface area contributed by atoms with Crippen LogP contribution in [0.15, 0.2) is 59.0 Å². The summed E-state index contributed by atoms with van der Waals surface area (Å²) in [4.78, 5) is 28.0. The number of nitro groups is 1. The first-order valence-electron chi connectivity index (χ1n) is 8.19. The van der Waals surface area contributed by atoms with Gasteiger partial charge in [-0.1, -0.05) is 29.4 Å². The zero-order valence-electron chi connectivity index (χ0n) is 14.9. The summed E-state index contributed by atoms with van der Waals surface area (Å²) in [6.45, 7) is 3.99. The minimum Gasteiger partial charge on any atom is -0.496 e. The van der Waals surface area contributed by atoms with Crippen molar-refractivity contribution in [1.29, 1.82) is 0 Å². The quantitative estimate of drug-likeness (QED) is 0.185. The van der Waals surface area contributed by atoms with Gasteiger partial charge in [-0.2, -0.15) is 0 Å². The standard InChI is InChI=1S/C19H16ClN3O4S/c1-3-8-22-18(24)15-6-4-13(20)10-16(15)21-19(22)28-11-12-9-14(23(25)26)5-7-17(12)27-2/h3-7,9-10H,1,8,11H2,2H3. The van der Waals surface area contributed by atoms with E-state index in [4.69, 9.17) is 16.3 Å². The summed E-state index contributed by atoms with van der Waals surface area (Å²) in [7, 11) is 1.50. The van der Waals surface area contributed by atoms with Gasteiger partial charge in [0, 0.05) is 35.0 Å². The smallest absolute Gasteiger partial charge is 0.270 e. The van der Waals surface area contributed by atoms with Crippen molar-refractivity contribution >= 4 is 40.0 Å². The van der Waals surface area contributed by atoms with Crippen LogP contribution in [-0.2, 0) is 12.3 Å². The molecule has 3 rings (SSSR count). The molecule has 0 unspecified atom stereocenters. The number of allylic oxidation sites excluding steroid dienone is 1. The van der Waals surface area contributed by atoms with Crippen LogP contribution >= 0.6 is 23.4 Å². The molecule has 0 aliphatic carbocycles. The molecule has 28 heavy (non-hydrogen) atoms. The fourth-order valence-electron chi connectivity index (χ4n) is 2.71. The Morgan fingerprint density at radius 2 is 2.14 bits per heavy atom. The second-order valence-corrected chi connectivity index (χ2v) is 7.18. The highest BCUT2D eigenvalue weighted by Gasteiger charge is 2.15. The summed E-state index contributed by atoms with van der Waals surface area (Å²) >= 11 is 7.32. The Balaban J connectivity index is 2.03. The zero-order chi connectivity index (χ0) is 20.3. The van der Waals surface area contributed by atoms with Gasteiger partial charge in [0.25, 0.3) is 11.2 Å². The maximum absolute atomic E-state index is 12.8. The van der Waals surface area contributed by atoms with Gasteiger partial charge in [-0.05, 0) is 24.3 Å². The molecule has 0 saturated carbocycles. The number of ether oxygens (including phenoxy) is 1. The number of halogens is 1. The van der Waals surface area contributed by atoms with Crippen LogP contribution in [0.3, 0.4) is 0 Å². The normalized spacial score (nSPS) is 10.8. The second-order valence-electron chi connectivity index (χ2n) is 5.80. The predicted octanol–water partition coefficient (Wildman–Crippen LogP) is 4.45. The molecular formula is C19H16ClN3O4S. The molecule has 1 aromatic heterocycles. The Bertz CT molecular complexity index is 1130. The van der Waals surface area contributed by atoms with E-state index >= 15 is 0 Å². The van der Waals surface area contributed by atoms with Gasteiger partial charge in [-0.15, -0.1) is 6.58 Å². The number of nitrogens with zero attached hydrogens (tertiary/aromatic N) is 3. The molecule has 0 amide bonds. The number of thioether (sulfide) groups is 1. The van der Waals surface area contributed by atoms with E-state index in [-0.39, 0.29) is 11.2 Å². The molecule has 0 fully saturated rings. The number of hydrogen-bond acceptors (Lipinski definition) is 6. The molecule has 144 valence electrons. The topological polar surface area (TPSA) is 87.3 Å². The van der Waals surface area contributed by atoms with Gasteiger partial charge in [0.1, 0.15) is 5.75 Å². The van der Waals surface area contributed by atoms with Gasteiger partial charge in [0.15, 0.2) is 5.16 Å². The minimum absolute atomic E-state index is 0.0295. The Labute approximate surface area is 169 Å². The molecular weight excluding hydrogens is 402 g/mol. The van der Waals surface area contributed by atoms with Crippen molar-refractivity contribution in [2.45, 2.75) is 17.5 Å². The predicted molar refractivity (Wildman–Crippen MR) is 110 cm³/mol. The number of benzene rings is 2. The van der Waals surface area contributed by atoms with Crippen molar-refractivity contribution in [1.82, 2.24) is 9.55 Å². The van der Waals surface area contributed by atoms with E-state index in [1.165, 1.54) is 35.6 Å². The van der Waals surface area contributed by atoms with Crippen molar-refractivity contribution in [2.24, 2.45) is 0 Å². The van der Waals surface area contributed by atoms with Crippen LogP contribution in [0.5, 0.6) is 5.75 Å². The van der Waals surface area contributed by atoms with Crippen molar-refractivity contribution in [3.8, 4) is 5.75 Å². The van der Waals surface area contributed by atoms with Crippen LogP contribution in [-0.4, -0.2) is 21.6 Å². The zero-order valence-corrected chi connectivity index (χ0v) is 16.5. The highest BCUT2D eigenvalue weighted by molar-refractivity contribution is 7.98. The van der Waals surface area contributed by atoms with Gasteiger partial charge < -0.3 is 4.74 Å². The van der Waals surface area contributed by atoms with Crippen LogP contribution in [0.2, 0.25) is 5.02 Å². The van der Waals surface area contributed by atoms with Crippen molar-refractivity contribution in [3.63, 3.8) is 0 Å². The summed E-state index contributed by atoms with van der Waals surface area (Å²) in [5.41, 5.74) is 0.895.